The van der Waals surface area contributed by atoms with E-state index in [4.69, 9.17) is 5.26 Å². The molecule has 2 unspecified atom stereocenters. The van der Waals surface area contributed by atoms with Gasteiger partial charge in [-0.25, -0.2) is 4.39 Å². The van der Waals surface area contributed by atoms with E-state index in [1.807, 2.05) is 6.92 Å². The molecule has 1 heterocycles. The summed E-state index contributed by atoms with van der Waals surface area (Å²) in [7, 11) is 0. The fraction of sp³-hybridized carbons (Fsp3) is 0.300. The minimum atomic E-state index is -4.78. The summed E-state index contributed by atoms with van der Waals surface area (Å²) in [6.45, 7) is 2.19. The quantitative estimate of drug-likeness (QED) is 0.576. The Kier molecular flexibility index (Phi) is 5.26. The van der Waals surface area contributed by atoms with E-state index in [2.05, 4.69) is 12.6 Å². The summed E-state index contributed by atoms with van der Waals surface area (Å²) in [5.74, 6) is -0.724. The molecule has 1 aliphatic heterocycles. The van der Waals surface area contributed by atoms with Gasteiger partial charge >= 0.3 is 6.18 Å². The molecule has 29 heavy (non-hydrogen) atoms. The molecule has 1 amide bonds. The molecule has 2 aromatic rings. The van der Waals surface area contributed by atoms with Crippen LogP contribution in [-0.4, -0.2) is 23.6 Å². The summed E-state index contributed by atoms with van der Waals surface area (Å²) < 4.78 is 54.1. The normalized spacial score (nSPS) is 22.1. The fourth-order valence-corrected chi connectivity index (χ4v) is 3.97. The number of anilines is 2. The molecule has 0 spiro atoms. The fourth-order valence-electron chi connectivity index (χ4n) is 3.35. The van der Waals surface area contributed by atoms with Gasteiger partial charge < -0.3 is 4.90 Å². The highest BCUT2D eigenvalue weighted by Crippen LogP contribution is 2.42. The molecule has 1 saturated heterocycles. The van der Waals surface area contributed by atoms with Gasteiger partial charge in [0.05, 0.1) is 17.2 Å². The lowest BCUT2D eigenvalue weighted by Gasteiger charge is -2.34. The SMILES string of the molecule is Cc1ccc(N2C(S)N(c3ccc(C#N)c(C(F)(F)F)c3)C(=O)C2(C)CF)cc1. The van der Waals surface area contributed by atoms with Crippen LogP contribution in [0.4, 0.5) is 28.9 Å². The van der Waals surface area contributed by atoms with E-state index in [9.17, 15) is 22.4 Å². The van der Waals surface area contributed by atoms with Crippen LogP contribution >= 0.6 is 12.6 Å². The zero-order valence-corrected chi connectivity index (χ0v) is 16.4. The van der Waals surface area contributed by atoms with E-state index in [-0.39, 0.29) is 5.69 Å². The van der Waals surface area contributed by atoms with Crippen LogP contribution in [-0.2, 0) is 11.0 Å². The number of carbonyl (C=O) groups is 1. The third kappa shape index (κ3) is 3.42. The molecule has 9 heteroatoms. The predicted octanol–water partition coefficient (Wildman–Crippen LogP) is 4.68. The topological polar surface area (TPSA) is 47.3 Å². The molecule has 0 saturated carbocycles. The molecule has 0 aromatic heterocycles. The lowest BCUT2D eigenvalue weighted by Crippen LogP contribution is -2.49. The molecular weight excluding hydrogens is 406 g/mol. The van der Waals surface area contributed by atoms with Crippen molar-refractivity contribution in [1.29, 1.82) is 5.26 Å². The Morgan fingerprint density at radius 1 is 1.17 bits per heavy atom. The number of carbonyl (C=O) groups excluding carboxylic acids is 1. The number of thiol groups is 1. The molecule has 1 aliphatic rings. The Hall–Kier alpha value is -2.73. The molecule has 1 fully saturated rings. The first-order valence-corrected chi connectivity index (χ1v) is 9.11. The van der Waals surface area contributed by atoms with Crippen LogP contribution < -0.4 is 9.80 Å². The van der Waals surface area contributed by atoms with E-state index >= 15 is 0 Å². The second kappa shape index (κ2) is 7.26. The van der Waals surface area contributed by atoms with Crippen molar-refractivity contribution in [2.45, 2.75) is 31.1 Å². The number of halogens is 4. The molecule has 2 aromatic carbocycles. The number of hydrogen-bond acceptors (Lipinski definition) is 4. The molecule has 152 valence electrons. The van der Waals surface area contributed by atoms with Gasteiger partial charge in [-0.2, -0.15) is 18.4 Å². The summed E-state index contributed by atoms with van der Waals surface area (Å²) in [5.41, 5.74) is -3.06. The van der Waals surface area contributed by atoms with Gasteiger partial charge in [0.25, 0.3) is 5.91 Å². The highest BCUT2D eigenvalue weighted by molar-refractivity contribution is 7.81. The van der Waals surface area contributed by atoms with Crippen molar-refractivity contribution >= 4 is 29.9 Å². The maximum atomic E-state index is 14.1. The molecule has 4 nitrogen and oxygen atoms in total. The largest absolute Gasteiger partial charge is 0.417 e. The molecule has 0 aliphatic carbocycles. The molecular formula is C20H17F4N3OS. The molecule has 0 N–H and O–H groups in total. The zero-order valence-electron chi connectivity index (χ0n) is 15.5. The molecule has 0 radical (unpaired) electrons. The van der Waals surface area contributed by atoms with E-state index in [0.717, 1.165) is 22.6 Å². The number of nitrogens with zero attached hydrogens (tertiary/aromatic N) is 3. The number of hydrogen-bond donors (Lipinski definition) is 1. The van der Waals surface area contributed by atoms with Gasteiger partial charge in [-0.1, -0.05) is 17.7 Å². The Labute approximate surface area is 170 Å². The second-order valence-corrected chi connectivity index (χ2v) is 7.44. The van der Waals surface area contributed by atoms with E-state index < -0.39 is 40.9 Å². The third-order valence-corrected chi connectivity index (χ3v) is 5.41. The second-order valence-electron chi connectivity index (χ2n) is 6.97. The number of amides is 1. The summed E-state index contributed by atoms with van der Waals surface area (Å²) in [6.07, 6.45) is -4.78. The van der Waals surface area contributed by atoms with Gasteiger partial charge in [0.15, 0.2) is 5.50 Å². The number of benzene rings is 2. The number of nitriles is 1. The monoisotopic (exact) mass is 423 g/mol. The van der Waals surface area contributed by atoms with E-state index in [1.165, 1.54) is 24.0 Å². The highest BCUT2D eigenvalue weighted by atomic mass is 32.1. The Balaban J connectivity index is 2.13. The first-order valence-electron chi connectivity index (χ1n) is 8.59. The van der Waals surface area contributed by atoms with Crippen molar-refractivity contribution in [2.75, 3.05) is 16.5 Å². The molecule has 0 bridgehead atoms. The van der Waals surface area contributed by atoms with Crippen LogP contribution in [0.3, 0.4) is 0 Å². The predicted molar refractivity (Wildman–Crippen MR) is 104 cm³/mol. The minimum Gasteiger partial charge on any atom is -0.325 e. The van der Waals surface area contributed by atoms with Gasteiger partial charge in [0, 0.05) is 11.4 Å². The lowest BCUT2D eigenvalue weighted by molar-refractivity contribution is -0.137. The third-order valence-electron chi connectivity index (χ3n) is 4.95. The van der Waals surface area contributed by atoms with Crippen molar-refractivity contribution in [1.82, 2.24) is 0 Å². The zero-order chi connectivity index (χ0) is 21.6. The van der Waals surface area contributed by atoms with E-state index in [1.54, 1.807) is 24.3 Å². The van der Waals surface area contributed by atoms with Gasteiger partial charge in [-0.05, 0) is 44.2 Å². The van der Waals surface area contributed by atoms with Crippen LogP contribution in [0, 0.1) is 18.3 Å². The van der Waals surface area contributed by atoms with Crippen molar-refractivity contribution in [3.63, 3.8) is 0 Å². The van der Waals surface area contributed by atoms with Gasteiger partial charge in [-0.3, -0.25) is 9.69 Å². The summed E-state index contributed by atoms with van der Waals surface area (Å²) in [5, 5.41) is 8.97. The van der Waals surface area contributed by atoms with Crippen LogP contribution in [0.1, 0.15) is 23.6 Å². The summed E-state index contributed by atoms with van der Waals surface area (Å²) in [4.78, 5) is 15.5. The Bertz CT molecular complexity index is 987. The summed E-state index contributed by atoms with van der Waals surface area (Å²) >= 11 is 4.43. The maximum Gasteiger partial charge on any atom is 0.417 e. The average molecular weight is 423 g/mol. The van der Waals surface area contributed by atoms with Crippen molar-refractivity contribution in [3.05, 3.63) is 59.2 Å². The molecule has 3 rings (SSSR count). The van der Waals surface area contributed by atoms with Crippen LogP contribution in [0.5, 0.6) is 0 Å². The van der Waals surface area contributed by atoms with Crippen molar-refractivity contribution < 1.29 is 22.4 Å². The first-order chi connectivity index (χ1) is 13.5. The summed E-state index contributed by atoms with van der Waals surface area (Å²) in [6, 6.07) is 11.4. The first kappa shape index (κ1) is 21.0. The van der Waals surface area contributed by atoms with E-state index in [0.29, 0.717) is 5.69 Å². The number of aryl methyl sites for hydroxylation is 1. The van der Waals surface area contributed by atoms with Crippen LogP contribution in [0.25, 0.3) is 0 Å². The average Bonchev–Trinajstić information content (AvgIpc) is 2.88. The minimum absolute atomic E-state index is 0.115. The molecule has 2 atom stereocenters. The van der Waals surface area contributed by atoms with Crippen LogP contribution in [0.15, 0.2) is 42.5 Å². The van der Waals surface area contributed by atoms with Gasteiger partial charge in [0.2, 0.25) is 0 Å². The van der Waals surface area contributed by atoms with Crippen molar-refractivity contribution in [2.24, 2.45) is 0 Å². The van der Waals surface area contributed by atoms with Gasteiger partial charge in [-0.15, -0.1) is 12.6 Å². The Morgan fingerprint density at radius 3 is 2.28 bits per heavy atom. The maximum absolute atomic E-state index is 14.1. The lowest BCUT2D eigenvalue weighted by atomic mass is 10.0. The Morgan fingerprint density at radius 2 is 1.76 bits per heavy atom. The van der Waals surface area contributed by atoms with Gasteiger partial charge in [0.1, 0.15) is 12.2 Å². The van der Waals surface area contributed by atoms with Crippen molar-refractivity contribution in [3.8, 4) is 6.07 Å². The van der Waals surface area contributed by atoms with Crippen LogP contribution in [0.2, 0.25) is 0 Å². The number of rotatable bonds is 3. The standard InChI is InChI=1S/C20H17F4N3OS/c1-12-3-6-14(7-4-12)27-18(29)26(17(28)19(27,2)11-21)15-8-5-13(10-25)16(9-15)20(22,23)24/h3-9,18,29H,11H2,1-2H3. The number of alkyl halides is 4. The highest BCUT2D eigenvalue weighted by Gasteiger charge is 2.54. The smallest absolute Gasteiger partial charge is 0.325 e.